The van der Waals surface area contributed by atoms with Crippen LogP contribution < -0.4 is 4.72 Å². The molecule has 1 saturated carbocycles. The number of oxazole rings is 1. The van der Waals surface area contributed by atoms with Gasteiger partial charge in [0.2, 0.25) is 17.7 Å². The molecule has 2 aromatic heterocycles. The molecule has 0 radical (unpaired) electrons. The van der Waals surface area contributed by atoms with Gasteiger partial charge in [-0.2, -0.15) is 0 Å². The van der Waals surface area contributed by atoms with Crippen LogP contribution >= 0.6 is 0 Å². The summed E-state index contributed by atoms with van der Waals surface area (Å²) in [7, 11) is -2.24. The lowest BCUT2D eigenvalue weighted by atomic mass is 9.86. The third kappa shape index (κ3) is 6.53. The number of aromatic nitrogens is 2. The summed E-state index contributed by atoms with van der Waals surface area (Å²) in [5.41, 5.74) is 3.95. The van der Waals surface area contributed by atoms with E-state index in [9.17, 15) is 13.2 Å². The Bertz CT molecular complexity index is 1610. The number of rotatable bonds is 10. The van der Waals surface area contributed by atoms with Crippen LogP contribution in [0.2, 0.25) is 0 Å². The molecule has 0 bridgehead atoms. The highest BCUT2D eigenvalue weighted by Crippen LogP contribution is 2.35. The minimum absolute atomic E-state index is 0.0711. The second-order valence-electron chi connectivity index (χ2n) is 10.8. The van der Waals surface area contributed by atoms with Gasteiger partial charge in [0.15, 0.2) is 0 Å². The molecule has 10 heteroatoms. The van der Waals surface area contributed by atoms with Crippen molar-refractivity contribution in [2.24, 2.45) is 5.92 Å². The minimum atomic E-state index is -4.03. The molecular weight excluding hydrogens is 540 g/mol. The van der Waals surface area contributed by atoms with Crippen LogP contribution in [0.1, 0.15) is 61.8 Å². The van der Waals surface area contributed by atoms with E-state index < -0.39 is 10.0 Å². The van der Waals surface area contributed by atoms with Crippen molar-refractivity contribution < 1.29 is 22.2 Å². The van der Waals surface area contributed by atoms with Gasteiger partial charge < -0.3 is 13.8 Å². The summed E-state index contributed by atoms with van der Waals surface area (Å²) in [6.07, 6.45) is 10.7. The number of hydrogen-bond acceptors (Lipinski definition) is 7. The third-order valence-electron chi connectivity index (χ3n) is 7.96. The van der Waals surface area contributed by atoms with E-state index in [-0.39, 0.29) is 16.7 Å². The molecule has 4 aromatic rings. The molecular formula is C31H36N4O5S. The van der Waals surface area contributed by atoms with Crippen LogP contribution in [-0.2, 0) is 21.4 Å². The molecule has 1 aliphatic carbocycles. The highest BCUT2D eigenvalue weighted by molar-refractivity contribution is 7.92. The lowest BCUT2D eigenvalue weighted by Crippen LogP contribution is -2.27. The molecule has 0 unspecified atom stereocenters. The number of benzene rings is 2. The predicted molar refractivity (Wildman–Crippen MR) is 156 cm³/mol. The number of aryl methyl sites for hydroxylation is 1. The van der Waals surface area contributed by atoms with Crippen LogP contribution in [0.4, 0.5) is 5.88 Å². The molecule has 0 saturated heterocycles. The van der Waals surface area contributed by atoms with Crippen molar-refractivity contribution in [3.8, 4) is 22.6 Å². The SMILES string of the molecule is Cc1noc(NS(=O)(=O)c2ccccc2-c2ccc(-c3ncco3)cc2CN(C)C(=O)CCC2CCCCC2)c1C. The first-order chi connectivity index (χ1) is 19.7. The van der Waals surface area contributed by atoms with Crippen LogP contribution in [-0.4, -0.2) is 36.4 Å². The van der Waals surface area contributed by atoms with Crippen molar-refractivity contribution >= 4 is 21.8 Å². The normalized spacial score (nSPS) is 14.2. The first-order valence-corrected chi connectivity index (χ1v) is 15.5. The van der Waals surface area contributed by atoms with Gasteiger partial charge in [0.05, 0.1) is 16.8 Å². The lowest BCUT2D eigenvalue weighted by Gasteiger charge is -2.24. The quantitative estimate of drug-likeness (QED) is 0.222. The molecule has 1 aliphatic rings. The van der Waals surface area contributed by atoms with Crippen molar-refractivity contribution in [2.75, 3.05) is 11.8 Å². The summed E-state index contributed by atoms with van der Waals surface area (Å²) in [4.78, 5) is 19.3. The monoisotopic (exact) mass is 576 g/mol. The maximum absolute atomic E-state index is 13.6. The highest BCUT2D eigenvalue weighted by atomic mass is 32.2. The van der Waals surface area contributed by atoms with Crippen LogP contribution in [0.25, 0.3) is 22.6 Å². The smallest absolute Gasteiger partial charge is 0.264 e. The number of nitrogens with one attached hydrogen (secondary N) is 1. The molecule has 1 amide bonds. The summed E-state index contributed by atoms with van der Waals surface area (Å²) < 4.78 is 40.5. The van der Waals surface area contributed by atoms with Gasteiger partial charge in [-0.15, -0.1) is 0 Å². The average Bonchev–Trinajstić information content (AvgIpc) is 3.63. The summed E-state index contributed by atoms with van der Waals surface area (Å²) in [5.74, 6) is 1.22. The Morgan fingerprint density at radius 1 is 1.07 bits per heavy atom. The number of anilines is 1. The zero-order valence-electron chi connectivity index (χ0n) is 23.7. The maximum Gasteiger partial charge on any atom is 0.264 e. The zero-order valence-corrected chi connectivity index (χ0v) is 24.5. The standard InChI is InChI=1S/C31H36N4O5S/c1-21-22(2)33-40-30(21)34-41(37,38)28-12-8-7-11-27(28)26-15-14-24(31-32-17-18-39-31)19-25(26)20-35(3)29(36)16-13-23-9-5-4-6-10-23/h7-8,11-12,14-15,17-19,23,34H,4-6,9-10,13,16,20H2,1-3H3. The molecule has 0 atom stereocenters. The second-order valence-corrected chi connectivity index (χ2v) is 12.5. The second kappa shape index (κ2) is 12.3. The third-order valence-corrected chi connectivity index (χ3v) is 9.35. The van der Waals surface area contributed by atoms with Gasteiger partial charge in [0.25, 0.3) is 10.0 Å². The molecule has 5 rings (SSSR count). The fraction of sp³-hybridized carbons (Fsp3) is 0.387. The number of nitrogens with zero attached hydrogens (tertiary/aromatic N) is 3. The van der Waals surface area contributed by atoms with Crippen molar-refractivity contribution in [3.63, 3.8) is 0 Å². The first kappa shape index (κ1) is 28.6. The van der Waals surface area contributed by atoms with Gasteiger partial charge in [-0.05, 0) is 55.5 Å². The van der Waals surface area contributed by atoms with E-state index in [0.29, 0.717) is 47.2 Å². The minimum Gasteiger partial charge on any atom is -0.445 e. The predicted octanol–water partition coefficient (Wildman–Crippen LogP) is 6.73. The summed E-state index contributed by atoms with van der Waals surface area (Å²) in [6.45, 7) is 3.80. The number of sulfonamides is 1. The van der Waals surface area contributed by atoms with Crippen molar-refractivity contribution in [2.45, 2.75) is 70.2 Å². The van der Waals surface area contributed by atoms with Gasteiger partial charge in [0.1, 0.15) is 6.26 Å². The van der Waals surface area contributed by atoms with E-state index in [0.717, 1.165) is 17.5 Å². The molecule has 0 aliphatic heterocycles. The summed E-state index contributed by atoms with van der Waals surface area (Å²) in [5, 5.41) is 3.86. The molecule has 1 N–H and O–H groups in total. The highest BCUT2D eigenvalue weighted by Gasteiger charge is 2.25. The van der Waals surface area contributed by atoms with E-state index >= 15 is 0 Å². The summed E-state index contributed by atoms with van der Waals surface area (Å²) >= 11 is 0. The Morgan fingerprint density at radius 3 is 2.56 bits per heavy atom. The Kier molecular flexibility index (Phi) is 8.58. The Labute approximate surface area is 241 Å². The van der Waals surface area contributed by atoms with Crippen LogP contribution in [0.5, 0.6) is 0 Å². The van der Waals surface area contributed by atoms with Crippen LogP contribution in [0.15, 0.2) is 68.8 Å². The van der Waals surface area contributed by atoms with Crippen LogP contribution in [0.3, 0.4) is 0 Å². The summed E-state index contributed by atoms with van der Waals surface area (Å²) in [6, 6.07) is 12.4. The molecule has 2 aromatic carbocycles. The Morgan fingerprint density at radius 2 is 1.85 bits per heavy atom. The Hall–Kier alpha value is -3.92. The van der Waals surface area contributed by atoms with E-state index in [1.165, 1.54) is 38.4 Å². The topological polar surface area (TPSA) is 119 Å². The Balaban J connectivity index is 1.47. The van der Waals surface area contributed by atoms with Gasteiger partial charge in [-0.1, -0.05) is 61.5 Å². The lowest BCUT2D eigenvalue weighted by molar-refractivity contribution is -0.130. The van der Waals surface area contributed by atoms with E-state index in [2.05, 4.69) is 14.9 Å². The maximum atomic E-state index is 13.6. The van der Waals surface area contributed by atoms with E-state index in [1.807, 2.05) is 18.2 Å². The van der Waals surface area contributed by atoms with Gasteiger partial charge >= 0.3 is 0 Å². The van der Waals surface area contributed by atoms with Crippen molar-refractivity contribution in [3.05, 3.63) is 71.7 Å². The van der Waals surface area contributed by atoms with E-state index in [1.54, 1.807) is 56.3 Å². The van der Waals surface area contributed by atoms with Gasteiger partial charge in [0, 0.05) is 36.7 Å². The average molecular weight is 577 g/mol. The fourth-order valence-electron chi connectivity index (χ4n) is 5.44. The largest absolute Gasteiger partial charge is 0.445 e. The molecule has 41 heavy (non-hydrogen) atoms. The number of amides is 1. The molecule has 0 spiro atoms. The zero-order chi connectivity index (χ0) is 29.0. The fourth-order valence-corrected chi connectivity index (χ4v) is 6.70. The van der Waals surface area contributed by atoms with Gasteiger partial charge in [-0.25, -0.2) is 18.1 Å². The molecule has 216 valence electrons. The molecule has 2 heterocycles. The number of carbonyl (C=O) groups is 1. The van der Waals surface area contributed by atoms with Crippen molar-refractivity contribution in [1.29, 1.82) is 0 Å². The number of hydrogen-bond donors (Lipinski definition) is 1. The van der Waals surface area contributed by atoms with Gasteiger partial charge in [-0.3, -0.25) is 4.79 Å². The molecule has 1 fully saturated rings. The first-order valence-electron chi connectivity index (χ1n) is 14.0. The van der Waals surface area contributed by atoms with Crippen LogP contribution in [0, 0.1) is 19.8 Å². The number of carbonyl (C=O) groups excluding carboxylic acids is 1. The molecule has 9 nitrogen and oxygen atoms in total. The van der Waals surface area contributed by atoms with Crippen molar-refractivity contribution in [1.82, 2.24) is 15.0 Å². The van der Waals surface area contributed by atoms with E-state index in [4.69, 9.17) is 8.94 Å².